The van der Waals surface area contributed by atoms with Crippen molar-refractivity contribution in [2.45, 2.75) is 25.2 Å². The Bertz CT molecular complexity index is 607. The van der Waals surface area contributed by atoms with E-state index in [4.69, 9.17) is 9.63 Å². The Kier molecular flexibility index (Phi) is 4.00. The summed E-state index contributed by atoms with van der Waals surface area (Å²) in [6.07, 6.45) is 0.982. The van der Waals surface area contributed by atoms with E-state index < -0.39 is 31.5 Å². The molecule has 0 spiro atoms. The predicted molar refractivity (Wildman–Crippen MR) is 61.4 cm³/mol. The number of halogens is 1. The van der Waals surface area contributed by atoms with Crippen LogP contribution in [0.25, 0.3) is 0 Å². The molecule has 1 aliphatic heterocycles. The van der Waals surface area contributed by atoms with Crippen molar-refractivity contribution in [3.63, 3.8) is 0 Å². The molecule has 0 amide bonds. The van der Waals surface area contributed by atoms with E-state index in [9.17, 15) is 18.4 Å². The summed E-state index contributed by atoms with van der Waals surface area (Å²) in [6.45, 7) is -0.376. The summed E-state index contributed by atoms with van der Waals surface area (Å²) in [5.41, 5.74) is -1.13. The van der Waals surface area contributed by atoms with Gasteiger partial charge in [-0.15, -0.1) is 4.20 Å². The van der Waals surface area contributed by atoms with Crippen LogP contribution in [0.3, 0.4) is 0 Å². The third-order valence-corrected chi connectivity index (χ3v) is 3.13. The highest BCUT2D eigenvalue weighted by Gasteiger charge is 2.30. The molecular weight excluding hydrogens is 282 g/mol. The minimum absolute atomic E-state index is 0.376. The number of ether oxygens (including phenoxy) is 1. The van der Waals surface area contributed by atoms with E-state index in [1.54, 1.807) is 0 Å². The van der Waals surface area contributed by atoms with Gasteiger partial charge < -0.3 is 4.74 Å². The summed E-state index contributed by atoms with van der Waals surface area (Å²) >= 11 is 0. The first-order valence-electron chi connectivity index (χ1n) is 5.49. The van der Waals surface area contributed by atoms with E-state index in [2.05, 4.69) is 9.51 Å². The van der Waals surface area contributed by atoms with Crippen molar-refractivity contribution in [1.29, 1.82) is 0 Å². The lowest BCUT2D eigenvalue weighted by Gasteiger charge is -2.15. The first-order chi connectivity index (χ1) is 8.85. The molecule has 1 unspecified atom stereocenters. The minimum Gasteiger partial charge on any atom is -0.352 e. The zero-order valence-corrected chi connectivity index (χ0v) is 10.6. The van der Waals surface area contributed by atoms with Crippen molar-refractivity contribution in [3.8, 4) is 0 Å². The lowest BCUT2D eigenvalue weighted by Crippen LogP contribution is -2.31. The SMILES string of the molecule is O=c1ccn([C@H]2CC[C@@H](COP(=O)(O)F)O2)c(=O)[nH]1. The molecule has 1 aromatic rings. The summed E-state index contributed by atoms with van der Waals surface area (Å²) in [5, 5.41) is 0. The highest BCUT2D eigenvalue weighted by Crippen LogP contribution is 2.44. The number of H-pyrrole nitrogens is 1. The minimum atomic E-state index is -5.02. The first-order valence-corrected chi connectivity index (χ1v) is 6.96. The lowest BCUT2D eigenvalue weighted by molar-refractivity contribution is -0.0230. The van der Waals surface area contributed by atoms with E-state index in [-0.39, 0.29) is 6.61 Å². The van der Waals surface area contributed by atoms with E-state index in [0.29, 0.717) is 12.8 Å². The third-order valence-electron chi connectivity index (χ3n) is 2.67. The third kappa shape index (κ3) is 3.84. The van der Waals surface area contributed by atoms with Crippen LogP contribution in [0.5, 0.6) is 0 Å². The molecule has 1 saturated heterocycles. The predicted octanol–water partition coefficient (Wildman–Crippen LogP) is 0.301. The molecule has 0 saturated carbocycles. The van der Waals surface area contributed by atoms with Gasteiger partial charge in [0.2, 0.25) is 0 Å². The van der Waals surface area contributed by atoms with Gasteiger partial charge >= 0.3 is 13.6 Å². The molecule has 106 valence electrons. The molecule has 2 N–H and O–H groups in total. The van der Waals surface area contributed by atoms with Crippen molar-refractivity contribution in [3.05, 3.63) is 33.1 Å². The number of nitrogens with one attached hydrogen (secondary N) is 1. The van der Waals surface area contributed by atoms with Crippen LogP contribution in [0.1, 0.15) is 19.1 Å². The summed E-state index contributed by atoms with van der Waals surface area (Å²) in [5.74, 6) is 0. The standard InChI is InChI=1S/C9H12FN2O6P/c10-19(15,16)17-5-6-1-2-8(18-6)12-4-3-7(13)11-9(12)14/h3-4,6,8H,1-2,5H2,(H,15,16)(H,11,13,14)/t6-,8+/m0/s1. The van der Waals surface area contributed by atoms with Gasteiger partial charge in [0.05, 0.1) is 12.7 Å². The normalized spacial score (nSPS) is 26.2. The Morgan fingerprint density at radius 1 is 1.58 bits per heavy atom. The van der Waals surface area contributed by atoms with Crippen LogP contribution in [-0.4, -0.2) is 27.2 Å². The van der Waals surface area contributed by atoms with Crippen LogP contribution in [0.2, 0.25) is 0 Å². The van der Waals surface area contributed by atoms with Gasteiger partial charge in [0.25, 0.3) is 5.56 Å². The zero-order valence-electron chi connectivity index (χ0n) is 9.69. The van der Waals surface area contributed by atoms with E-state index in [0.717, 1.165) is 0 Å². The van der Waals surface area contributed by atoms with Gasteiger partial charge in [-0.2, -0.15) is 0 Å². The topological polar surface area (TPSA) is 111 Å². The van der Waals surface area contributed by atoms with Gasteiger partial charge in [0.1, 0.15) is 6.23 Å². The van der Waals surface area contributed by atoms with Crippen molar-refractivity contribution in [1.82, 2.24) is 9.55 Å². The molecule has 10 heteroatoms. The summed E-state index contributed by atoms with van der Waals surface area (Å²) in [7, 11) is -5.02. The molecule has 2 rings (SSSR count). The van der Waals surface area contributed by atoms with Gasteiger partial charge in [-0.05, 0) is 12.8 Å². The van der Waals surface area contributed by atoms with Crippen LogP contribution in [0.15, 0.2) is 21.9 Å². The maximum atomic E-state index is 12.3. The number of rotatable bonds is 4. The summed E-state index contributed by atoms with van der Waals surface area (Å²) in [6, 6.07) is 1.18. The average molecular weight is 294 g/mol. The molecule has 0 radical (unpaired) electrons. The largest absolute Gasteiger partial charge is 0.510 e. The molecule has 19 heavy (non-hydrogen) atoms. The van der Waals surface area contributed by atoms with Gasteiger partial charge in [0, 0.05) is 12.3 Å². The van der Waals surface area contributed by atoms with Crippen LogP contribution >= 0.6 is 7.91 Å². The fourth-order valence-corrected chi connectivity index (χ4v) is 2.19. The zero-order chi connectivity index (χ0) is 14.0. The second kappa shape index (κ2) is 5.38. The second-order valence-electron chi connectivity index (χ2n) is 4.05. The molecule has 1 aromatic heterocycles. The second-order valence-corrected chi connectivity index (χ2v) is 5.22. The van der Waals surface area contributed by atoms with Crippen LogP contribution in [-0.2, 0) is 13.8 Å². The maximum absolute atomic E-state index is 12.3. The van der Waals surface area contributed by atoms with Gasteiger partial charge in [-0.3, -0.25) is 23.8 Å². The Hall–Kier alpha value is -1.28. The van der Waals surface area contributed by atoms with E-state index >= 15 is 0 Å². The molecule has 1 fully saturated rings. The molecule has 3 atom stereocenters. The highest BCUT2D eigenvalue weighted by molar-refractivity contribution is 7.46. The van der Waals surface area contributed by atoms with E-state index in [1.165, 1.54) is 16.8 Å². The summed E-state index contributed by atoms with van der Waals surface area (Å²) < 4.78 is 33.3. The van der Waals surface area contributed by atoms with Crippen molar-refractivity contribution in [2.24, 2.45) is 0 Å². The average Bonchev–Trinajstić information content (AvgIpc) is 2.74. The molecule has 0 aliphatic carbocycles. The molecule has 2 heterocycles. The van der Waals surface area contributed by atoms with Gasteiger partial charge in [-0.25, -0.2) is 9.36 Å². The van der Waals surface area contributed by atoms with Crippen LogP contribution < -0.4 is 11.2 Å². The van der Waals surface area contributed by atoms with Crippen LogP contribution in [0.4, 0.5) is 4.20 Å². The van der Waals surface area contributed by atoms with Crippen molar-refractivity contribution >= 4 is 7.91 Å². The van der Waals surface area contributed by atoms with Crippen molar-refractivity contribution in [2.75, 3.05) is 6.61 Å². The number of hydrogen-bond donors (Lipinski definition) is 2. The Balaban J connectivity index is 2.00. The molecular formula is C9H12FN2O6P. The highest BCUT2D eigenvalue weighted by atomic mass is 31.2. The number of aromatic amines is 1. The first kappa shape index (κ1) is 14.1. The Morgan fingerprint density at radius 3 is 2.95 bits per heavy atom. The van der Waals surface area contributed by atoms with Gasteiger partial charge in [-0.1, -0.05) is 0 Å². The fraction of sp³-hybridized carbons (Fsp3) is 0.556. The molecule has 0 bridgehead atoms. The lowest BCUT2D eigenvalue weighted by atomic mass is 10.2. The number of aromatic nitrogens is 2. The molecule has 0 aromatic carbocycles. The molecule has 1 aliphatic rings. The summed E-state index contributed by atoms with van der Waals surface area (Å²) in [4.78, 5) is 32.8. The maximum Gasteiger partial charge on any atom is 0.510 e. The van der Waals surface area contributed by atoms with Crippen LogP contribution in [0, 0.1) is 0 Å². The smallest absolute Gasteiger partial charge is 0.352 e. The Morgan fingerprint density at radius 2 is 2.32 bits per heavy atom. The monoisotopic (exact) mass is 294 g/mol. The quantitative estimate of drug-likeness (QED) is 0.773. The van der Waals surface area contributed by atoms with Gasteiger partial charge in [0.15, 0.2) is 0 Å². The van der Waals surface area contributed by atoms with Crippen molar-refractivity contribution < 1.29 is 22.9 Å². The molecule has 8 nitrogen and oxygen atoms in total. The number of hydrogen-bond acceptors (Lipinski definition) is 5. The fourth-order valence-electron chi connectivity index (χ4n) is 1.84. The number of nitrogens with zero attached hydrogens (tertiary/aromatic N) is 1. The Labute approximate surface area is 106 Å². The van der Waals surface area contributed by atoms with E-state index in [1.807, 2.05) is 0 Å².